The summed E-state index contributed by atoms with van der Waals surface area (Å²) in [5.41, 5.74) is 1.31. The van der Waals surface area contributed by atoms with Crippen LogP contribution in [0.2, 0.25) is 0 Å². The molecule has 0 saturated heterocycles. The molecule has 26 heavy (non-hydrogen) atoms. The smallest absolute Gasteiger partial charge is 0.276 e. The highest BCUT2D eigenvalue weighted by Gasteiger charge is 2.11. The fourth-order valence-corrected chi connectivity index (χ4v) is 2.24. The van der Waals surface area contributed by atoms with Crippen molar-refractivity contribution in [3.8, 4) is 5.75 Å². The van der Waals surface area contributed by atoms with Gasteiger partial charge in [0.15, 0.2) is 29.8 Å². The van der Waals surface area contributed by atoms with Gasteiger partial charge in [-0.25, -0.2) is 9.07 Å². The van der Waals surface area contributed by atoms with Crippen molar-refractivity contribution < 1.29 is 18.7 Å². The summed E-state index contributed by atoms with van der Waals surface area (Å²) in [6.07, 6.45) is 1.56. The van der Waals surface area contributed by atoms with Crippen LogP contribution in [0.4, 0.5) is 10.1 Å². The van der Waals surface area contributed by atoms with Crippen LogP contribution in [-0.2, 0) is 6.73 Å². The normalized spacial score (nSPS) is 10.4. The van der Waals surface area contributed by atoms with E-state index in [1.165, 1.54) is 29.8 Å². The summed E-state index contributed by atoms with van der Waals surface area (Å²) in [5.74, 6) is -0.798. The van der Waals surface area contributed by atoms with E-state index in [1.54, 1.807) is 42.6 Å². The van der Waals surface area contributed by atoms with Crippen LogP contribution in [0.3, 0.4) is 0 Å². The van der Waals surface area contributed by atoms with E-state index in [0.717, 1.165) is 0 Å². The highest BCUT2D eigenvalue weighted by Crippen LogP contribution is 2.16. The van der Waals surface area contributed by atoms with Crippen molar-refractivity contribution in [1.29, 1.82) is 0 Å². The van der Waals surface area contributed by atoms with E-state index in [9.17, 15) is 14.0 Å². The number of nitrogens with one attached hydrogen (secondary N) is 1. The van der Waals surface area contributed by atoms with Crippen LogP contribution < -0.4 is 10.1 Å². The first kappa shape index (κ1) is 17.3. The monoisotopic (exact) mass is 353 g/mol. The molecule has 0 bridgehead atoms. The lowest BCUT2D eigenvalue weighted by atomic mass is 10.1. The number of halogens is 1. The van der Waals surface area contributed by atoms with Gasteiger partial charge in [-0.2, -0.15) is 5.10 Å². The number of nitrogens with zero attached hydrogens (tertiary/aromatic N) is 2. The number of carbonyl (C=O) groups is 2. The van der Waals surface area contributed by atoms with Gasteiger partial charge in [0.25, 0.3) is 5.91 Å². The lowest BCUT2D eigenvalue weighted by Crippen LogP contribution is -2.14. The van der Waals surface area contributed by atoms with Gasteiger partial charge in [0.05, 0.1) is 0 Å². The fourth-order valence-electron chi connectivity index (χ4n) is 2.24. The molecule has 0 aliphatic carbocycles. The van der Waals surface area contributed by atoms with Crippen LogP contribution in [0.1, 0.15) is 27.8 Å². The Hall–Kier alpha value is -3.48. The Morgan fingerprint density at radius 1 is 1.12 bits per heavy atom. The Bertz CT molecular complexity index is 935. The van der Waals surface area contributed by atoms with Crippen LogP contribution in [-0.4, -0.2) is 21.5 Å². The summed E-state index contributed by atoms with van der Waals surface area (Å²) in [7, 11) is 0. The number of ketones is 1. The van der Waals surface area contributed by atoms with Crippen LogP contribution in [0.5, 0.6) is 5.75 Å². The Labute approximate surface area is 149 Å². The van der Waals surface area contributed by atoms with Crippen molar-refractivity contribution in [2.45, 2.75) is 13.7 Å². The number of amides is 1. The second-order valence-corrected chi connectivity index (χ2v) is 5.53. The average Bonchev–Trinajstić information content (AvgIpc) is 3.11. The molecule has 0 unspecified atom stereocenters. The average molecular weight is 353 g/mol. The Morgan fingerprint density at radius 2 is 1.85 bits per heavy atom. The zero-order valence-electron chi connectivity index (χ0n) is 14.0. The molecule has 1 heterocycles. The van der Waals surface area contributed by atoms with E-state index in [1.807, 2.05) is 0 Å². The number of Topliss-reactive ketones (excluding diaryl/α,β-unsaturated/α-hetero) is 1. The van der Waals surface area contributed by atoms with Gasteiger partial charge in [-0.3, -0.25) is 9.59 Å². The number of anilines is 1. The summed E-state index contributed by atoms with van der Waals surface area (Å²) in [6, 6.07) is 14.1. The molecule has 0 radical (unpaired) electrons. The zero-order valence-corrected chi connectivity index (χ0v) is 14.0. The second-order valence-electron chi connectivity index (χ2n) is 5.53. The zero-order chi connectivity index (χ0) is 18.5. The molecule has 6 nitrogen and oxygen atoms in total. The minimum atomic E-state index is -0.466. The summed E-state index contributed by atoms with van der Waals surface area (Å²) in [6.45, 7) is 1.45. The van der Waals surface area contributed by atoms with Crippen molar-refractivity contribution in [2.24, 2.45) is 0 Å². The number of ether oxygens (including phenoxy) is 1. The number of benzene rings is 2. The van der Waals surface area contributed by atoms with E-state index in [-0.39, 0.29) is 24.0 Å². The molecule has 7 heteroatoms. The Balaban J connectivity index is 1.60. The largest absolute Gasteiger partial charge is 0.468 e. The van der Waals surface area contributed by atoms with Crippen LogP contribution in [0.15, 0.2) is 60.8 Å². The standard InChI is InChI=1S/C19H16FN3O3/c1-13(24)14-6-8-15(9-7-14)21-19(25)17-10-11-23(22-17)12-26-18-5-3-2-4-16(18)20/h2-11H,12H2,1H3,(H,21,25). The molecule has 0 aliphatic rings. The number of para-hydroxylation sites is 1. The summed E-state index contributed by atoms with van der Waals surface area (Å²) >= 11 is 0. The van der Waals surface area contributed by atoms with Gasteiger partial charge in [0, 0.05) is 17.4 Å². The van der Waals surface area contributed by atoms with Crippen molar-refractivity contribution in [3.63, 3.8) is 0 Å². The number of rotatable bonds is 6. The van der Waals surface area contributed by atoms with E-state index in [2.05, 4.69) is 10.4 Å². The quantitative estimate of drug-likeness (QED) is 0.688. The van der Waals surface area contributed by atoms with Crippen molar-refractivity contribution in [2.75, 3.05) is 5.32 Å². The van der Waals surface area contributed by atoms with Gasteiger partial charge < -0.3 is 10.1 Å². The Kier molecular flexibility index (Phi) is 5.07. The van der Waals surface area contributed by atoms with Gasteiger partial charge in [-0.05, 0) is 49.4 Å². The fraction of sp³-hybridized carbons (Fsp3) is 0.105. The maximum atomic E-state index is 13.5. The first-order valence-electron chi connectivity index (χ1n) is 7.86. The maximum absolute atomic E-state index is 13.5. The van der Waals surface area contributed by atoms with Gasteiger partial charge in [0.1, 0.15) is 0 Å². The van der Waals surface area contributed by atoms with Crippen LogP contribution in [0.25, 0.3) is 0 Å². The third kappa shape index (κ3) is 4.13. The molecule has 3 aromatic rings. The molecule has 2 aromatic carbocycles. The predicted octanol–water partition coefficient (Wildman–Crippen LogP) is 3.51. The molecular formula is C19H16FN3O3. The van der Waals surface area contributed by atoms with Crippen LogP contribution >= 0.6 is 0 Å². The summed E-state index contributed by atoms with van der Waals surface area (Å²) < 4.78 is 20.2. The van der Waals surface area contributed by atoms with Crippen molar-refractivity contribution in [3.05, 3.63) is 77.9 Å². The molecule has 1 amide bonds. The van der Waals surface area contributed by atoms with Gasteiger partial charge in [-0.1, -0.05) is 12.1 Å². The molecule has 1 aromatic heterocycles. The van der Waals surface area contributed by atoms with Gasteiger partial charge in [0.2, 0.25) is 0 Å². The molecule has 0 spiro atoms. The molecule has 1 N–H and O–H groups in total. The summed E-state index contributed by atoms with van der Waals surface area (Å²) in [5, 5.41) is 6.79. The molecule has 0 fully saturated rings. The third-order valence-corrected chi connectivity index (χ3v) is 3.61. The summed E-state index contributed by atoms with van der Waals surface area (Å²) in [4.78, 5) is 23.5. The Morgan fingerprint density at radius 3 is 2.54 bits per heavy atom. The third-order valence-electron chi connectivity index (χ3n) is 3.61. The van der Waals surface area contributed by atoms with E-state index in [0.29, 0.717) is 11.3 Å². The lowest BCUT2D eigenvalue weighted by molar-refractivity contribution is 0.101. The maximum Gasteiger partial charge on any atom is 0.276 e. The first-order valence-corrected chi connectivity index (χ1v) is 7.86. The molecule has 132 valence electrons. The molecule has 0 aliphatic heterocycles. The highest BCUT2D eigenvalue weighted by atomic mass is 19.1. The highest BCUT2D eigenvalue weighted by molar-refractivity contribution is 6.03. The minimum absolute atomic E-state index is 0.0263. The number of carbonyl (C=O) groups excluding carboxylic acids is 2. The molecule has 0 atom stereocenters. The van der Waals surface area contributed by atoms with E-state index >= 15 is 0 Å². The predicted molar refractivity (Wildman–Crippen MR) is 93.7 cm³/mol. The van der Waals surface area contributed by atoms with Crippen molar-refractivity contribution >= 4 is 17.4 Å². The van der Waals surface area contributed by atoms with Crippen LogP contribution in [0, 0.1) is 5.82 Å². The topological polar surface area (TPSA) is 73.2 Å². The van der Waals surface area contributed by atoms with Gasteiger partial charge in [-0.15, -0.1) is 0 Å². The molecule has 0 saturated carbocycles. The first-order chi connectivity index (χ1) is 12.5. The van der Waals surface area contributed by atoms with Gasteiger partial charge >= 0.3 is 0 Å². The lowest BCUT2D eigenvalue weighted by Gasteiger charge is -2.07. The van der Waals surface area contributed by atoms with E-state index in [4.69, 9.17) is 4.74 Å². The van der Waals surface area contributed by atoms with Crippen molar-refractivity contribution in [1.82, 2.24) is 9.78 Å². The second kappa shape index (κ2) is 7.60. The number of aromatic nitrogens is 2. The number of hydrogen-bond acceptors (Lipinski definition) is 4. The SMILES string of the molecule is CC(=O)c1ccc(NC(=O)c2ccn(COc3ccccc3F)n2)cc1. The van der Waals surface area contributed by atoms with E-state index < -0.39 is 11.7 Å². The number of hydrogen-bond donors (Lipinski definition) is 1. The molecule has 3 rings (SSSR count). The molecular weight excluding hydrogens is 337 g/mol. The minimum Gasteiger partial charge on any atom is -0.468 e.